The summed E-state index contributed by atoms with van der Waals surface area (Å²) in [6.07, 6.45) is 2.13. The van der Waals surface area contributed by atoms with Gasteiger partial charge in [0.15, 0.2) is 0 Å². The van der Waals surface area contributed by atoms with Gasteiger partial charge in [0.05, 0.1) is 0 Å². The Morgan fingerprint density at radius 1 is 1.15 bits per heavy atom. The van der Waals surface area contributed by atoms with E-state index in [0.29, 0.717) is 0 Å². The normalized spacial score (nSPS) is 20.5. The first kappa shape index (κ1) is 18.8. The number of nitrogens with zero attached hydrogens (tertiary/aromatic N) is 1. The average molecular weight is 384 g/mol. The molecule has 0 radical (unpaired) electrons. The number of nitrogens with one attached hydrogen (secondary N) is 1. The lowest BCUT2D eigenvalue weighted by molar-refractivity contribution is -0.143. The van der Waals surface area contributed by atoms with E-state index in [0.717, 1.165) is 18.9 Å². The molecule has 3 rings (SSSR count). The van der Waals surface area contributed by atoms with Crippen LogP contribution in [-0.2, 0) is 19.6 Å². The van der Waals surface area contributed by atoms with Gasteiger partial charge in [-0.25, -0.2) is 17.6 Å². The quantitative estimate of drug-likeness (QED) is 0.767. The molecule has 0 bridgehead atoms. The molecule has 2 aliphatic rings. The lowest BCUT2D eigenvalue weighted by atomic mass is 9.96. The first-order valence-electron chi connectivity index (χ1n) is 8.58. The second-order valence-corrected chi connectivity index (χ2v) is 8.68. The highest BCUT2D eigenvalue weighted by Crippen LogP contribution is 2.33. The third-order valence-corrected chi connectivity index (χ3v) is 6.87. The molecule has 0 spiro atoms. The number of benzene rings is 1. The predicted octanol–water partition coefficient (Wildman–Crippen LogP) is 1.21. The van der Waals surface area contributed by atoms with Crippen LogP contribution in [0.25, 0.3) is 0 Å². The van der Waals surface area contributed by atoms with E-state index in [-0.39, 0.29) is 42.7 Å². The lowest BCUT2D eigenvalue weighted by Gasteiger charge is -2.31. The summed E-state index contributed by atoms with van der Waals surface area (Å²) in [7, 11) is -3.95. The third-order valence-electron chi connectivity index (χ3n) is 4.94. The maximum Gasteiger partial charge on any atom is 0.326 e. The van der Waals surface area contributed by atoms with E-state index in [1.165, 1.54) is 22.5 Å². The van der Waals surface area contributed by atoms with Gasteiger partial charge in [-0.2, -0.15) is 4.31 Å². The van der Waals surface area contributed by atoms with Crippen LogP contribution < -0.4 is 5.32 Å². The fourth-order valence-corrected chi connectivity index (χ4v) is 4.77. The minimum atomic E-state index is -3.95. The zero-order chi connectivity index (χ0) is 18.9. The molecule has 9 heteroatoms. The Kier molecular flexibility index (Phi) is 5.29. The number of carboxylic acids is 1. The molecule has 1 saturated heterocycles. The standard InChI is InChI=1S/C17H21FN2O5S/c18-13-3-1-2-4-14(13)26(24,25)20-9-7-12(8-10-20)16(21)19-15(17(22)23)11-5-6-11/h1-4,11-12,15H,5-10H2,(H,19,21)(H,22,23). The number of aliphatic carboxylic acids is 1. The number of amides is 1. The zero-order valence-corrected chi connectivity index (χ0v) is 14.9. The van der Waals surface area contributed by atoms with Crippen LogP contribution in [0.15, 0.2) is 29.2 Å². The van der Waals surface area contributed by atoms with Crippen molar-refractivity contribution >= 4 is 21.9 Å². The number of carboxylic acid groups (broad SMARTS) is 1. The molecule has 1 unspecified atom stereocenters. The van der Waals surface area contributed by atoms with Gasteiger partial charge < -0.3 is 10.4 Å². The average Bonchev–Trinajstić information content (AvgIpc) is 3.44. The van der Waals surface area contributed by atoms with E-state index < -0.39 is 33.8 Å². The summed E-state index contributed by atoms with van der Waals surface area (Å²) in [4.78, 5) is 23.2. The zero-order valence-electron chi connectivity index (χ0n) is 14.1. The van der Waals surface area contributed by atoms with E-state index in [9.17, 15) is 27.5 Å². The molecule has 1 aliphatic heterocycles. The maximum atomic E-state index is 13.8. The number of hydrogen-bond donors (Lipinski definition) is 2. The Morgan fingerprint density at radius 2 is 1.77 bits per heavy atom. The fourth-order valence-electron chi connectivity index (χ4n) is 3.23. The summed E-state index contributed by atoms with van der Waals surface area (Å²) in [5.41, 5.74) is 0. The van der Waals surface area contributed by atoms with Gasteiger partial charge in [-0.05, 0) is 43.7 Å². The Hall–Kier alpha value is -2.00. The lowest BCUT2D eigenvalue weighted by Crippen LogP contribution is -2.48. The van der Waals surface area contributed by atoms with Crippen molar-refractivity contribution in [3.8, 4) is 0 Å². The molecule has 1 aliphatic carbocycles. The van der Waals surface area contributed by atoms with Crippen molar-refractivity contribution in [3.63, 3.8) is 0 Å². The molecule has 1 amide bonds. The summed E-state index contributed by atoms with van der Waals surface area (Å²) < 4.78 is 40.1. The van der Waals surface area contributed by atoms with E-state index in [4.69, 9.17) is 0 Å². The molecular weight excluding hydrogens is 363 g/mol. The number of sulfonamides is 1. The van der Waals surface area contributed by atoms with Gasteiger partial charge in [-0.1, -0.05) is 12.1 Å². The van der Waals surface area contributed by atoms with Crippen molar-refractivity contribution in [3.05, 3.63) is 30.1 Å². The molecule has 0 aromatic heterocycles. The maximum absolute atomic E-state index is 13.8. The van der Waals surface area contributed by atoms with Gasteiger partial charge in [0, 0.05) is 19.0 Å². The Balaban J connectivity index is 1.61. The molecule has 1 heterocycles. The number of hydrogen-bond acceptors (Lipinski definition) is 4. The molecule has 2 fully saturated rings. The number of halogens is 1. The van der Waals surface area contributed by atoms with Crippen LogP contribution in [0.2, 0.25) is 0 Å². The van der Waals surface area contributed by atoms with Crippen molar-refractivity contribution in [1.82, 2.24) is 9.62 Å². The van der Waals surface area contributed by atoms with Crippen molar-refractivity contribution in [2.24, 2.45) is 11.8 Å². The Labute approximate surface area is 151 Å². The van der Waals surface area contributed by atoms with Crippen LogP contribution in [0.5, 0.6) is 0 Å². The number of piperidine rings is 1. The van der Waals surface area contributed by atoms with Gasteiger partial charge >= 0.3 is 5.97 Å². The first-order valence-corrected chi connectivity index (χ1v) is 10.0. The van der Waals surface area contributed by atoms with Gasteiger partial charge in [0.1, 0.15) is 16.8 Å². The minimum Gasteiger partial charge on any atom is -0.480 e. The van der Waals surface area contributed by atoms with Crippen molar-refractivity contribution in [2.45, 2.75) is 36.6 Å². The SMILES string of the molecule is O=C(NC(C(=O)O)C1CC1)C1CCN(S(=O)(=O)c2ccccc2F)CC1. The molecule has 1 aromatic rings. The molecule has 142 valence electrons. The van der Waals surface area contributed by atoms with Gasteiger partial charge in [-0.15, -0.1) is 0 Å². The van der Waals surface area contributed by atoms with E-state index in [1.54, 1.807) is 0 Å². The monoisotopic (exact) mass is 384 g/mol. The topological polar surface area (TPSA) is 104 Å². The van der Waals surface area contributed by atoms with Crippen LogP contribution in [0, 0.1) is 17.7 Å². The smallest absolute Gasteiger partial charge is 0.326 e. The Bertz CT molecular complexity index is 801. The van der Waals surface area contributed by atoms with Crippen molar-refractivity contribution < 1.29 is 27.5 Å². The first-order chi connectivity index (χ1) is 12.3. The van der Waals surface area contributed by atoms with E-state index >= 15 is 0 Å². The summed E-state index contributed by atoms with van der Waals surface area (Å²) in [5, 5.41) is 11.8. The second-order valence-electron chi connectivity index (χ2n) is 6.77. The highest BCUT2D eigenvalue weighted by Gasteiger charge is 2.39. The molecular formula is C17H21FN2O5S. The number of rotatable bonds is 6. The molecule has 1 atom stereocenters. The molecule has 2 N–H and O–H groups in total. The number of carbonyl (C=O) groups is 2. The highest BCUT2D eigenvalue weighted by molar-refractivity contribution is 7.89. The van der Waals surface area contributed by atoms with E-state index in [1.807, 2.05) is 0 Å². The van der Waals surface area contributed by atoms with Crippen LogP contribution in [0.3, 0.4) is 0 Å². The Morgan fingerprint density at radius 3 is 2.31 bits per heavy atom. The van der Waals surface area contributed by atoms with Crippen molar-refractivity contribution in [1.29, 1.82) is 0 Å². The van der Waals surface area contributed by atoms with Crippen LogP contribution in [0.1, 0.15) is 25.7 Å². The van der Waals surface area contributed by atoms with Crippen molar-refractivity contribution in [2.75, 3.05) is 13.1 Å². The highest BCUT2D eigenvalue weighted by atomic mass is 32.2. The second kappa shape index (κ2) is 7.32. The molecule has 1 saturated carbocycles. The summed E-state index contributed by atoms with van der Waals surface area (Å²) in [5.74, 6) is -2.66. The summed E-state index contributed by atoms with van der Waals surface area (Å²) in [6, 6.07) is 4.32. The van der Waals surface area contributed by atoms with E-state index in [2.05, 4.69) is 5.32 Å². The number of carbonyl (C=O) groups excluding carboxylic acids is 1. The van der Waals surface area contributed by atoms with Gasteiger partial charge in [0.25, 0.3) is 0 Å². The molecule has 7 nitrogen and oxygen atoms in total. The van der Waals surface area contributed by atoms with Crippen LogP contribution in [-0.4, -0.2) is 48.8 Å². The molecule has 26 heavy (non-hydrogen) atoms. The predicted molar refractivity (Wildman–Crippen MR) is 90.2 cm³/mol. The van der Waals surface area contributed by atoms with Crippen LogP contribution >= 0.6 is 0 Å². The van der Waals surface area contributed by atoms with Gasteiger partial charge in [0.2, 0.25) is 15.9 Å². The van der Waals surface area contributed by atoms with Crippen LogP contribution in [0.4, 0.5) is 4.39 Å². The summed E-state index contributed by atoms with van der Waals surface area (Å²) >= 11 is 0. The third kappa shape index (κ3) is 3.88. The fraction of sp³-hybridized carbons (Fsp3) is 0.529. The minimum absolute atomic E-state index is 0.0158. The largest absolute Gasteiger partial charge is 0.480 e. The van der Waals surface area contributed by atoms with Gasteiger partial charge in [-0.3, -0.25) is 4.79 Å². The molecule has 1 aromatic carbocycles. The summed E-state index contributed by atoms with van der Waals surface area (Å²) in [6.45, 7) is 0.186.